The third kappa shape index (κ3) is 3.06. The molecule has 0 bridgehead atoms. The van der Waals surface area contributed by atoms with Gasteiger partial charge in [-0.05, 0) is 31.3 Å². The Bertz CT molecular complexity index is 994. The summed E-state index contributed by atoms with van der Waals surface area (Å²) in [6.45, 7) is 6.13. The molecule has 25 heavy (non-hydrogen) atoms. The van der Waals surface area contributed by atoms with Crippen LogP contribution in [0.3, 0.4) is 0 Å². The highest BCUT2D eigenvalue weighted by atomic mass is 15.2. The Morgan fingerprint density at radius 1 is 1.04 bits per heavy atom. The van der Waals surface area contributed by atoms with E-state index in [2.05, 4.69) is 51.3 Å². The van der Waals surface area contributed by atoms with Gasteiger partial charge < -0.3 is 9.55 Å². The van der Waals surface area contributed by atoms with Crippen LogP contribution in [0.25, 0.3) is 22.1 Å². The average Bonchev–Trinajstić information content (AvgIpc) is 3.16. The van der Waals surface area contributed by atoms with E-state index < -0.39 is 0 Å². The van der Waals surface area contributed by atoms with E-state index in [1.54, 1.807) is 0 Å². The molecule has 0 aliphatic rings. The molecule has 4 aromatic rings. The second-order valence-electron chi connectivity index (χ2n) is 6.29. The van der Waals surface area contributed by atoms with Gasteiger partial charge in [0.1, 0.15) is 11.6 Å². The minimum Gasteiger partial charge on any atom is -0.341 e. The van der Waals surface area contributed by atoms with Crippen molar-refractivity contribution in [2.75, 3.05) is 7.05 Å². The highest BCUT2D eigenvalue weighted by Crippen LogP contribution is 2.18. The smallest absolute Gasteiger partial charge is 0.124 e. The lowest BCUT2D eigenvalue weighted by Gasteiger charge is -2.15. The van der Waals surface area contributed by atoms with Crippen molar-refractivity contribution in [2.24, 2.45) is 0 Å². The molecule has 0 aliphatic carbocycles. The number of para-hydroxylation sites is 4. The van der Waals surface area contributed by atoms with Crippen LogP contribution in [0, 0.1) is 0 Å². The van der Waals surface area contributed by atoms with Crippen molar-refractivity contribution in [2.45, 2.75) is 19.6 Å². The summed E-state index contributed by atoms with van der Waals surface area (Å²) in [5.41, 5.74) is 4.25. The quantitative estimate of drug-likeness (QED) is 0.548. The van der Waals surface area contributed by atoms with E-state index in [-0.39, 0.29) is 0 Å². The summed E-state index contributed by atoms with van der Waals surface area (Å²) < 4.78 is 2.22. The van der Waals surface area contributed by atoms with Crippen LogP contribution >= 0.6 is 0 Å². The zero-order valence-electron chi connectivity index (χ0n) is 14.3. The van der Waals surface area contributed by atoms with E-state index in [1.807, 2.05) is 36.4 Å². The molecule has 2 aromatic heterocycles. The summed E-state index contributed by atoms with van der Waals surface area (Å²) in [5.74, 6) is 2.01. The number of imidazole rings is 2. The standard InChI is InChI=1S/C20H21N5/c1-3-12-25-18-11-7-6-10-17(18)23-20(25)14-24(2)13-19-21-15-8-4-5-9-16(15)22-19/h3-11H,1,12-14H2,2H3,(H,21,22). The Labute approximate surface area is 146 Å². The third-order valence-electron chi connectivity index (χ3n) is 4.31. The van der Waals surface area contributed by atoms with Crippen LogP contribution in [0.2, 0.25) is 0 Å². The number of rotatable bonds is 6. The fourth-order valence-electron chi connectivity index (χ4n) is 3.21. The van der Waals surface area contributed by atoms with Gasteiger partial charge in [0, 0.05) is 6.54 Å². The van der Waals surface area contributed by atoms with E-state index in [0.29, 0.717) is 0 Å². The number of H-pyrrole nitrogens is 1. The van der Waals surface area contributed by atoms with E-state index >= 15 is 0 Å². The Morgan fingerprint density at radius 2 is 1.80 bits per heavy atom. The number of hydrogen-bond acceptors (Lipinski definition) is 3. The molecule has 0 saturated carbocycles. The monoisotopic (exact) mass is 331 g/mol. The molecule has 0 fully saturated rings. The molecular formula is C20H21N5. The van der Waals surface area contributed by atoms with Crippen molar-refractivity contribution in [1.82, 2.24) is 24.4 Å². The predicted molar refractivity (Wildman–Crippen MR) is 101 cm³/mol. The van der Waals surface area contributed by atoms with Gasteiger partial charge in [-0.1, -0.05) is 30.3 Å². The lowest BCUT2D eigenvalue weighted by atomic mass is 10.3. The first-order valence-electron chi connectivity index (χ1n) is 8.42. The molecule has 0 aliphatic heterocycles. The van der Waals surface area contributed by atoms with Gasteiger partial charge in [-0.3, -0.25) is 4.90 Å². The molecule has 0 unspecified atom stereocenters. The second-order valence-corrected chi connectivity index (χ2v) is 6.29. The highest BCUT2D eigenvalue weighted by molar-refractivity contribution is 5.76. The van der Waals surface area contributed by atoms with Crippen LogP contribution < -0.4 is 0 Å². The molecule has 4 rings (SSSR count). The largest absolute Gasteiger partial charge is 0.341 e. The normalized spacial score (nSPS) is 11.6. The lowest BCUT2D eigenvalue weighted by Crippen LogP contribution is -2.20. The van der Waals surface area contributed by atoms with Crippen LogP contribution in [0.1, 0.15) is 11.6 Å². The minimum atomic E-state index is 0.742. The Hall–Kier alpha value is -2.92. The van der Waals surface area contributed by atoms with Gasteiger partial charge in [0.05, 0.1) is 35.2 Å². The van der Waals surface area contributed by atoms with Gasteiger partial charge in [0.15, 0.2) is 0 Å². The molecule has 0 saturated heterocycles. The summed E-state index contributed by atoms with van der Waals surface area (Å²) in [5, 5.41) is 0. The van der Waals surface area contributed by atoms with Gasteiger partial charge in [-0.25, -0.2) is 9.97 Å². The van der Waals surface area contributed by atoms with Gasteiger partial charge in [0.25, 0.3) is 0 Å². The molecule has 0 spiro atoms. The molecule has 2 heterocycles. The van der Waals surface area contributed by atoms with Crippen LogP contribution in [-0.4, -0.2) is 31.5 Å². The lowest BCUT2D eigenvalue weighted by molar-refractivity contribution is 0.300. The number of aromatic amines is 1. The van der Waals surface area contributed by atoms with E-state index in [4.69, 9.17) is 4.98 Å². The maximum absolute atomic E-state index is 4.80. The van der Waals surface area contributed by atoms with Crippen molar-refractivity contribution in [3.05, 3.63) is 72.8 Å². The molecule has 0 amide bonds. The summed E-state index contributed by atoms with van der Waals surface area (Å²) in [6, 6.07) is 16.3. The van der Waals surface area contributed by atoms with Crippen molar-refractivity contribution >= 4 is 22.1 Å². The van der Waals surface area contributed by atoms with Crippen molar-refractivity contribution in [1.29, 1.82) is 0 Å². The molecule has 126 valence electrons. The molecule has 1 N–H and O–H groups in total. The van der Waals surface area contributed by atoms with Gasteiger partial charge in [-0.2, -0.15) is 0 Å². The SMILES string of the molecule is C=CCn1c(CN(C)Cc2nc3ccccc3[nH]2)nc2ccccc21. The topological polar surface area (TPSA) is 49.7 Å². The van der Waals surface area contributed by atoms with E-state index in [9.17, 15) is 0 Å². The van der Waals surface area contributed by atoms with Gasteiger partial charge >= 0.3 is 0 Å². The fourth-order valence-corrected chi connectivity index (χ4v) is 3.21. The summed E-state index contributed by atoms with van der Waals surface area (Å²) in [7, 11) is 2.09. The number of fused-ring (bicyclic) bond motifs is 2. The Balaban J connectivity index is 1.57. The fraction of sp³-hybridized carbons (Fsp3) is 0.200. The summed E-state index contributed by atoms with van der Waals surface area (Å²) in [6.07, 6.45) is 1.91. The third-order valence-corrected chi connectivity index (χ3v) is 4.31. The highest BCUT2D eigenvalue weighted by Gasteiger charge is 2.13. The molecule has 5 nitrogen and oxygen atoms in total. The second kappa shape index (κ2) is 6.53. The number of nitrogens with zero attached hydrogens (tertiary/aromatic N) is 4. The number of aromatic nitrogens is 4. The first kappa shape index (κ1) is 15.6. The molecule has 2 aromatic carbocycles. The number of benzene rings is 2. The Kier molecular flexibility index (Phi) is 4.07. The van der Waals surface area contributed by atoms with Crippen LogP contribution in [0.15, 0.2) is 61.2 Å². The summed E-state index contributed by atoms with van der Waals surface area (Å²) >= 11 is 0. The summed E-state index contributed by atoms with van der Waals surface area (Å²) in [4.78, 5) is 15.1. The van der Waals surface area contributed by atoms with E-state index in [0.717, 1.165) is 53.3 Å². The first-order valence-corrected chi connectivity index (χ1v) is 8.42. The number of hydrogen-bond donors (Lipinski definition) is 1. The zero-order valence-corrected chi connectivity index (χ0v) is 14.3. The van der Waals surface area contributed by atoms with Crippen molar-refractivity contribution in [3.63, 3.8) is 0 Å². The van der Waals surface area contributed by atoms with Gasteiger partial charge in [-0.15, -0.1) is 6.58 Å². The van der Waals surface area contributed by atoms with Crippen molar-refractivity contribution in [3.8, 4) is 0 Å². The zero-order chi connectivity index (χ0) is 17.2. The predicted octanol–water partition coefficient (Wildman–Crippen LogP) is 3.73. The van der Waals surface area contributed by atoms with Crippen molar-refractivity contribution < 1.29 is 0 Å². The maximum Gasteiger partial charge on any atom is 0.124 e. The molecule has 0 atom stereocenters. The van der Waals surface area contributed by atoms with E-state index in [1.165, 1.54) is 0 Å². The molecular weight excluding hydrogens is 310 g/mol. The Morgan fingerprint density at radius 3 is 2.60 bits per heavy atom. The van der Waals surface area contributed by atoms with Crippen LogP contribution in [-0.2, 0) is 19.6 Å². The number of nitrogens with one attached hydrogen (secondary N) is 1. The number of allylic oxidation sites excluding steroid dienone is 1. The average molecular weight is 331 g/mol. The minimum absolute atomic E-state index is 0.742. The molecule has 5 heteroatoms. The van der Waals surface area contributed by atoms with Crippen LogP contribution in [0.5, 0.6) is 0 Å². The van der Waals surface area contributed by atoms with Crippen LogP contribution in [0.4, 0.5) is 0 Å². The molecule has 0 radical (unpaired) electrons. The maximum atomic E-state index is 4.80. The first-order chi connectivity index (χ1) is 12.2. The van der Waals surface area contributed by atoms with Gasteiger partial charge in [0.2, 0.25) is 0 Å².